The van der Waals surface area contributed by atoms with Crippen molar-refractivity contribution in [2.75, 3.05) is 5.32 Å². The summed E-state index contributed by atoms with van der Waals surface area (Å²) < 4.78 is 15.7. The highest BCUT2D eigenvalue weighted by Crippen LogP contribution is 2.25. The lowest BCUT2D eigenvalue weighted by atomic mass is 10.2. The Hall–Kier alpha value is -3.10. The van der Waals surface area contributed by atoms with E-state index in [9.17, 15) is 4.39 Å². The van der Waals surface area contributed by atoms with E-state index in [1.807, 2.05) is 35.9 Å². The number of hydrogen-bond donors (Lipinski definition) is 3. The lowest BCUT2D eigenvalue weighted by Crippen LogP contribution is -2.09. The number of nitrogens with zero attached hydrogens (tertiary/aromatic N) is 2. The molecule has 0 fully saturated rings. The Kier molecular flexibility index (Phi) is 7.58. The number of benzene rings is 2. The third kappa shape index (κ3) is 5.94. The van der Waals surface area contributed by atoms with Gasteiger partial charge >= 0.3 is 11.9 Å². The molecule has 0 bridgehead atoms. The van der Waals surface area contributed by atoms with E-state index in [1.54, 1.807) is 18.3 Å². The van der Waals surface area contributed by atoms with Crippen molar-refractivity contribution in [1.29, 1.82) is 0 Å². The van der Waals surface area contributed by atoms with Crippen LogP contribution in [0.4, 0.5) is 10.3 Å². The van der Waals surface area contributed by atoms with Crippen LogP contribution in [0.15, 0.2) is 48.7 Å². The average molecular weight is 440 g/mol. The number of aromatic nitrogens is 2. The van der Waals surface area contributed by atoms with Crippen LogP contribution < -0.4 is 5.32 Å². The number of aliphatic carboxylic acids is 2. The third-order valence-electron chi connectivity index (χ3n) is 3.80. The van der Waals surface area contributed by atoms with Gasteiger partial charge in [0.05, 0.1) is 11.9 Å². The molecule has 0 radical (unpaired) electrons. The lowest BCUT2D eigenvalue weighted by Gasteiger charge is -2.10. The number of hydrogen-bond acceptors (Lipinski definition) is 4. The molecule has 10 heteroatoms. The first-order valence-electron chi connectivity index (χ1n) is 8.11. The SMILES string of the molecule is Cn1c(-c2ccc(Cl)cc2)cnc1NCc1c(F)cccc1Cl.O=C(O)C(=O)O. The Morgan fingerprint density at radius 1 is 1.10 bits per heavy atom. The van der Waals surface area contributed by atoms with Crippen LogP contribution >= 0.6 is 23.2 Å². The topological polar surface area (TPSA) is 104 Å². The number of imidazole rings is 1. The van der Waals surface area contributed by atoms with E-state index in [-0.39, 0.29) is 12.4 Å². The molecule has 0 atom stereocenters. The van der Waals surface area contributed by atoms with Crippen molar-refractivity contribution in [3.8, 4) is 11.3 Å². The van der Waals surface area contributed by atoms with E-state index in [1.165, 1.54) is 6.07 Å². The van der Waals surface area contributed by atoms with Gasteiger partial charge in [-0.1, -0.05) is 41.4 Å². The highest BCUT2D eigenvalue weighted by atomic mass is 35.5. The Labute approximate surface area is 175 Å². The summed E-state index contributed by atoms with van der Waals surface area (Å²) in [7, 11) is 1.89. The molecule has 3 aromatic rings. The molecule has 0 unspecified atom stereocenters. The molecule has 1 aromatic heterocycles. The van der Waals surface area contributed by atoms with Gasteiger partial charge in [0.25, 0.3) is 0 Å². The molecule has 0 aliphatic rings. The predicted octanol–water partition coefficient (Wildman–Crippen LogP) is 4.30. The monoisotopic (exact) mass is 439 g/mol. The van der Waals surface area contributed by atoms with E-state index in [0.29, 0.717) is 21.6 Å². The van der Waals surface area contributed by atoms with Crippen molar-refractivity contribution in [1.82, 2.24) is 9.55 Å². The van der Waals surface area contributed by atoms with Crippen LogP contribution in [0, 0.1) is 5.82 Å². The minimum atomic E-state index is -1.82. The van der Waals surface area contributed by atoms with Gasteiger partial charge in [-0.25, -0.2) is 19.0 Å². The van der Waals surface area contributed by atoms with Crippen molar-refractivity contribution < 1.29 is 24.2 Å². The van der Waals surface area contributed by atoms with Crippen LogP contribution in [0.2, 0.25) is 10.0 Å². The van der Waals surface area contributed by atoms with Gasteiger partial charge < -0.3 is 20.1 Å². The van der Waals surface area contributed by atoms with Gasteiger partial charge in [0, 0.05) is 29.2 Å². The number of carboxylic acid groups (broad SMARTS) is 2. The summed E-state index contributed by atoms with van der Waals surface area (Å²) in [5.74, 6) is -3.35. The van der Waals surface area contributed by atoms with E-state index >= 15 is 0 Å². The summed E-state index contributed by atoms with van der Waals surface area (Å²) in [6.45, 7) is 0.260. The minimum Gasteiger partial charge on any atom is -0.473 e. The second-order valence-corrected chi connectivity index (χ2v) is 6.54. The van der Waals surface area contributed by atoms with Crippen molar-refractivity contribution in [2.45, 2.75) is 6.54 Å². The number of halogens is 3. The van der Waals surface area contributed by atoms with Crippen LogP contribution in [0.25, 0.3) is 11.3 Å². The first-order valence-corrected chi connectivity index (χ1v) is 8.87. The second kappa shape index (κ2) is 9.90. The van der Waals surface area contributed by atoms with E-state index in [0.717, 1.165) is 11.3 Å². The minimum absolute atomic E-state index is 0.260. The molecule has 0 saturated carbocycles. The molecule has 0 saturated heterocycles. The summed E-state index contributed by atoms with van der Waals surface area (Å²) in [6.07, 6.45) is 1.76. The molecule has 0 amide bonds. The molecule has 3 rings (SSSR count). The zero-order valence-electron chi connectivity index (χ0n) is 15.1. The Morgan fingerprint density at radius 2 is 1.72 bits per heavy atom. The van der Waals surface area contributed by atoms with Crippen LogP contribution in [0.5, 0.6) is 0 Å². The van der Waals surface area contributed by atoms with Gasteiger partial charge in [-0.2, -0.15) is 0 Å². The fraction of sp³-hybridized carbons (Fsp3) is 0.105. The normalized spacial score (nSPS) is 10.1. The fourth-order valence-corrected chi connectivity index (χ4v) is 2.69. The largest absolute Gasteiger partial charge is 0.473 e. The first-order chi connectivity index (χ1) is 13.7. The molecule has 2 aromatic carbocycles. The maximum Gasteiger partial charge on any atom is 0.414 e. The summed E-state index contributed by atoms with van der Waals surface area (Å²) in [5, 5.41) is 19.0. The Bertz CT molecular complexity index is 991. The van der Waals surface area contributed by atoms with E-state index in [2.05, 4.69) is 10.3 Å². The molecule has 3 N–H and O–H groups in total. The molecule has 7 nitrogen and oxygen atoms in total. The summed E-state index contributed by atoms with van der Waals surface area (Å²) in [5.41, 5.74) is 2.36. The molecule has 0 aliphatic heterocycles. The fourth-order valence-electron chi connectivity index (χ4n) is 2.33. The van der Waals surface area contributed by atoms with Crippen molar-refractivity contribution in [3.63, 3.8) is 0 Å². The number of rotatable bonds is 4. The number of carbonyl (C=O) groups is 2. The molecular formula is C19H16Cl2FN3O4. The smallest absolute Gasteiger partial charge is 0.414 e. The average Bonchev–Trinajstić information content (AvgIpc) is 3.03. The molecule has 0 spiro atoms. The van der Waals surface area contributed by atoms with Crippen LogP contribution in [0.3, 0.4) is 0 Å². The molecule has 29 heavy (non-hydrogen) atoms. The van der Waals surface area contributed by atoms with E-state index in [4.69, 9.17) is 43.0 Å². The summed E-state index contributed by atoms with van der Waals surface area (Å²) in [6, 6.07) is 12.2. The first kappa shape index (κ1) is 22.2. The zero-order valence-corrected chi connectivity index (χ0v) is 16.6. The maximum absolute atomic E-state index is 13.8. The van der Waals surface area contributed by atoms with Gasteiger partial charge in [0.1, 0.15) is 5.82 Å². The lowest BCUT2D eigenvalue weighted by molar-refractivity contribution is -0.159. The van der Waals surface area contributed by atoms with Crippen molar-refractivity contribution in [2.24, 2.45) is 7.05 Å². The molecule has 1 heterocycles. The van der Waals surface area contributed by atoms with Gasteiger partial charge in [0.15, 0.2) is 0 Å². The van der Waals surface area contributed by atoms with Gasteiger partial charge in [0.2, 0.25) is 5.95 Å². The number of nitrogens with one attached hydrogen (secondary N) is 1. The standard InChI is InChI=1S/C17H14Cl2FN3.C2H2O4/c1-23-16(11-5-7-12(18)8-6-11)10-22-17(23)21-9-13-14(19)3-2-4-15(13)20;3-1(4)2(5)6/h2-8,10H,9H2,1H3,(H,21,22);(H,3,4)(H,5,6). The van der Waals surface area contributed by atoms with Crippen molar-refractivity contribution in [3.05, 3.63) is 70.1 Å². The van der Waals surface area contributed by atoms with Crippen molar-refractivity contribution >= 4 is 41.1 Å². The van der Waals surface area contributed by atoms with Crippen LogP contribution in [-0.2, 0) is 23.2 Å². The maximum atomic E-state index is 13.8. The Morgan fingerprint density at radius 3 is 2.28 bits per heavy atom. The number of anilines is 1. The second-order valence-electron chi connectivity index (χ2n) is 5.70. The molecule has 152 valence electrons. The molecule has 0 aliphatic carbocycles. The highest BCUT2D eigenvalue weighted by Gasteiger charge is 2.11. The Balaban J connectivity index is 0.000000438. The summed E-state index contributed by atoms with van der Waals surface area (Å²) in [4.78, 5) is 22.5. The van der Waals surface area contributed by atoms with Gasteiger partial charge in [-0.05, 0) is 29.8 Å². The van der Waals surface area contributed by atoms with E-state index < -0.39 is 11.9 Å². The van der Waals surface area contributed by atoms with Gasteiger partial charge in [-0.15, -0.1) is 0 Å². The summed E-state index contributed by atoms with van der Waals surface area (Å²) >= 11 is 11.9. The predicted molar refractivity (Wildman–Crippen MR) is 108 cm³/mol. The zero-order chi connectivity index (χ0) is 21.6. The van der Waals surface area contributed by atoms with Gasteiger partial charge in [-0.3, -0.25) is 0 Å². The quantitative estimate of drug-likeness (QED) is 0.523. The third-order valence-corrected chi connectivity index (χ3v) is 4.40. The van der Waals surface area contributed by atoms with Crippen LogP contribution in [0.1, 0.15) is 5.56 Å². The van der Waals surface area contributed by atoms with Crippen LogP contribution in [-0.4, -0.2) is 31.7 Å². The number of carboxylic acids is 2. The highest BCUT2D eigenvalue weighted by molar-refractivity contribution is 6.31. The molecular weight excluding hydrogens is 424 g/mol.